The molecule has 0 saturated heterocycles. The van der Waals surface area contributed by atoms with Crippen LogP contribution in [0.2, 0.25) is 0 Å². The Bertz CT molecular complexity index is 938. The number of ether oxygens (including phenoxy) is 2. The first-order valence-corrected chi connectivity index (χ1v) is 11.3. The van der Waals surface area contributed by atoms with Crippen LogP contribution in [0.25, 0.3) is 6.08 Å². The Labute approximate surface area is 191 Å². The maximum Gasteiger partial charge on any atom is 0.271 e. The standard InChI is InChI=1S/C26H34N2O4/c1-6-7-8-9-13-28-25(29)21(19(4)22(17-27)26(28)30)15-20-10-11-23(24(16-20)31-5)32-14-12-18(2)3/h10-11,15-16,18H,6-9,12-14H2,1-5H3/b21-15+. The molecule has 0 unspecified atom stereocenters. The Morgan fingerprint density at radius 3 is 2.50 bits per heavy atom. The third-order valence-corrected chi connectivity index (χ3v) is 5.51. The second-order valence-electron chi connectivity index (χ2n) is 8.43. The van der Waals surface area contributed by atoms with Gasteiger partial charge < -0.3 is 9.47 Å². The van der Waals surface area contributed by atoms with Gasteiger partial charge in [-0.2, -0.15) is 5.26 Å². The highest BCUT2D eigenvalue weighted by Crippen LogP contribution is 2.32. The molecule has 0 N–H and O–H groups in total. The van der Waals surface area contributed by atoms with E-state index < -0.39 is 5.91 Å². The lowest BCUT2D eigenvalue weighted by Gasteiger charge is -2.27. The van der Waals surface area contributed by atoms with Gasteiger partial charge in [0.05, 0.1) is 13.7 Å². The number of carbonyl (C=O) groups excluding carboxylic acids is 2. The molecule has 1 aliphatic heterocycles. The first-order chi connectivity index (χ1) is 15.3. The van der Waals surface area contributed by atoms with Gasteiger partial charge in [-0.15, -0.1) is 0 Å². The molecule has 6 heteroatoms. The maximum atomic E-state index is 13.1. The summed E-state index contributed by atoms with van der Waals surface area (Å²) in [6.07, 6.45) is 6.42. The van der Waals surface area contributed by atoms with Gasteiger partial charge in [0.25, 0.3) is 11.8 Å². The number of hydrogen-bond donors (Lipinski definition) is 0. The first-order valence-electron chi connectivity index (χ1n) is 11.3. The van der Waals surface area contributed by atoms with Gasteiger partial charge in [-0.05, 0) is 55.0 Å². The minimum absolute atomic E-state index is 0.0203. The summed E-state index contributed by atoms with van der Waals surface area (Å²) < 4.78 is 11.3. The van der Waals surface area contributed by atoms with E-state index in [0.29, 0.717) is 41.7 Å². The fourth-order valence-electron chi connectivity index (χ4n) is 3.49. The third-order valence-electron chi connectivity index (χ3n) is 5.51. The number of unbranched alkanes of at least 4 members (excludes halogenated alkanes) is 3. The molecule has 2 amide bonds. The number of hydrogen-bond acceptors (Lipinski definition) is 5. The van der Waals surface area contributed by atoms with Crippen LogP contribution >= 0.6 is 0 Å². The van der Waals surface area contributed by atoms with Crippen molar-refractivity contribution in [1.82, 2.24) is 4.90 Å². The number of nitriles is 1. The van der Waals surface area contributed by atoms with Crippen molar-refractivity contribution in [2.75, 3.05) is 20.3 Å². The maximum absolute atomic E-state index is 13.1. The van der Waals surface area contributed by atoms with Crippen LogP contribution in [0.15, 0.2) is 34.9 Å². The Morgan fingerprint density at radius 2 is 1.88 bits per heavy atom. The zero-order valence-corrected chi connectivity index (χ0v) is 19.9. The van der Waals surface area contributed by atoms with E-state index in [9.17, 15) is 14.9 Å². The van der Waals surface area contributed by atoms with Crippen LogP contribution in [-0.4, -0.2) is 37.0 Å². The van der Waals surface area contributed by atoms with Crippen molar-refractivity contribution in [3.8, 4) is 17.6 Å². The molecule has 0 saturated carbocycles. The van der Waals surface area contributed by atoms with Crippen LogP contribution in [0.5, 0.6) is 11.5 Å². The van der Waals surface area contributed by atoms with Crippen LogP contribution in [0.4, 0.5) is 0 Å². The molecule has 1 aliphatic rings. The predicted octanol–water partition coefficient (Wildman–Crippen LogP) is 5.29. The van der Waals surface area contributed by atoms with E-state index in [1.807, 2.05) is 18.2 Å². The quantitative estimate of drug-likeness (QED) is 0.266. The Hall–Kier alpha value is -3.07. The number of nitrogens with zero attached hydrogens (tertiary/aromatic N) is 2. The van der Waals surface area contributed by atoms with Crippen molar-refractivity contribution in [3.05, 3.63) is 40.5 Å². The van der Waals surface area contributed by atoms with Crippen LogP contribution in [0, 0.1) is 17.2 Å². The monoisotopic (exact) mass is 438 g/mol. The summed E-state index contributed by atoms with van der Waals surface area (Å²) in [4.78, 5) is 27.0. The molecule has 0 radical (unpaired) electrons. The molecule has 32 heavy (non-hydrogen) atoms. The topological polar surface area (TPSA) is 79.6 Å². The van der Waals surface area contributed by atoms with Crippen molar-refractivity contribution >= 4 is 17.9 Å². The van der Waals surface area contributed by atoms with Crippen LogP contribution in [0.1, 0.15) is 65.4 Å². The summed E-state index contributed by atoms with van der Waals surface area (Å²) in [6, 6.07) is 7.44. The van der Waals surface area contributed by atoms with Gasteiger partial charge in [0.1, 0.15) is 11.6 Å². The fourth-order valence-corrected chi connectivity index (χ4v) is 3.49. The van der Waals surface area contributed by atoms with Crippen molar-refractivity contribution in [2.45, 2.75) is 59.8 Å². The second kappa shape index (κ2) is 12.1. The van der Waals surface area contributed by atoms with Gasteiger partial charge in [-0.25, -0.2) is 0 Å². The van der Waals surface area contributed by atoms with E-state index in [-0.39, 0.29) is 11.5 Å². The largest absolute Gasteiger partial charge is 0.493 e. The minimum atomic E-state index is -0.505. The van der Waals surface area contributed by atoms with Crippen molar-refractivity contribution in [3.63, 3.8) is 0 Å². The number of amides is 2. The van der Waals surface area contributed by atoms with Gasteiger partial charge in [0.2, 0.25) is 0 Å². The molecule has 0 bridgehead atoms. The number of carbonyl (C=O) groups is 2. The highest BCUT2D eigenvalue weighted by Gasteiger charge is 2.35. The molecule has 6 nitrogen and oxygen atoms in total. The average Bonchev–Trinajstić information content (AvgIpc) is 2.77. The van der Waals surface area contributed by atoms with Crippen molar-refractivity contribution in [1.29, 1.82) is 5.26 Å². The highest BCUT2D eigenvalue weighted by molar-refractivity contribution is 6.19. The predicted molar refractivity (Wildman–Crippen MR) is 125 cm³/mol. The summed E-state index contributed by atoms with van der Waals surface area (Å²) in [5.74, 6) is 0.886. The van der Waals surface area contributed by atoms with E-state index in [0.717, 1.165) is 37.7 Å². The number of methoxy groups -OCH3 is 1. The molecule has 0 atom stereocenters. The smallest absolute Gasteiger partial charge is 0.271 e. The fraction of sp³-hybridized carbons (Fsp3) is 0.500. The van der Waals surface area contributed by atoms with Crippen LogP contribution in [-0.2, 0) is 9.59 Å². The van der Waals surface area contributed by atoms with Gasteiger partial charge in [-0.3, -0.25) is 14.5 Å². The van der Waals surface area contributed by atoms with Gasteiger partial charge >= 0.3 is 0 Å². The molecule has 1 aromatic rings. The van der Waals surface area contributed by atoms with Crippen molar-refractivity contribution in [2.24, 2.45) is 5.92 Å². The first kappa shape index (κ1) is 25.2. The lowest BCUT2D eigenvalue weighted by Crippen LogP contribution is -2.43. The van der Waals surface area contributed by atoms with Gasteiger partial charge in [0.15, 0.2) is 11.5 Å². The summed E-state index contributed by atoms with van der Waals surface area (Å²) in [5, 5.41) is 9.54. The van der Waals surface area contributed by atoms with E-state index in [4.69, 9.17) is 9.47 Å². The summed E-state index contributed by atoms with van der Waals surface area (Å²) in [5.41, 5.74) is 1.51. The zero-order chi connectivity index (χ0) is 23.7. The average molecular weight is 439 g/mol. The molecule has 0 fully saturated rings. The Kier molecular flexibility index (Phi) is 9.52. The Balaban J connectivity index is 2.33. The molecule has 0 spiro atoms. The van der Waals surface area contributed by atoms with Crippen molar-refractivity contribution < 1.29 is 19.1 Å². The molecule has 1 heterocycles. The van der Waals surface area contributed by atoms with E-state index in [1.54, 1.807) is 26.2 Å². The summed E-state index contributed by atoms with van der Waals surface area (Å²) in [7, 11) is 1.57. The van der Waals surface area contributed by atoms with E-state index in [2.05, 4.69) is 20.8 Å². The molecular weight excluding hydrogens is 404 g/mol. The molecule has 172 valence electrons. The number of benzene rings is 1. The number of imide groups is 1. The highest BCUT2D eigenvalue weighted by atomic mass is 16.5. The van der Waals surface area contributed by atoms with Gasteiger partial charge in [0, 0.05) is 12.1 Å². The summed E-state index contributed by atoms with van der Waals surface area (Å²) in [6.45, 7) is 8.94. The molecule has 0 aliphatic carbocycles. The third kappa shape index (κ3) is 6.23. The van der Waals surface area contributed by atoms with E-state index in [1.165, 1.54) is 4.90 Å². The Morgan fingerprint density at radius 1 is 1.12 bits per heavy atom. The molecule has 2 rings (SSSR count). The second-order valence-corrected chi connectivity index (χ2v) is 8.43. The van der Waals surface area contributed by atoms with E-state index >= 15 is 0 Å². The SMILES string of the molecule is CCCCCCN1C(=O)C(C#N)=C(C)/C(=C\c2ccc(OCCC(C)C)c(OC)c2)C1=O. The molecule has 0 aromatic heterocycles. The normalized spacial score (nSPS) is 15.5. The lowest BCUT2D eigenvalue weighted by atomic mass is 9.93. The minimum Gasteiger partial charge on any atom is -0.493 e. The molecular formula is C26H34N2O4. The summed E-state index contributed by atoms with van der Waals surface area (Å²) >= 11 is 0. The van der Waals surface area contributed by atoms with Gasteiger partial charge in [-0.1, -0.05) is 46.1 Å². The molecule has 1 aromatic carbocycles. The zero-order valence-electron chi connectivity index (χ0n) is 19.9. The van der Waals surface area contributed by atoms with Crippen LogP contribution < -0.4 is 9.47 Å². The number of rotatable bonds is 11. The van der Waals surface area contributed by atoms with Crippen LogP contribution in [0.3, 0.4) is 0 Å². The lowest BCUT2D eigenvalue weighted by molar-refractivity contribution is -0.140.